The molecule has 1 fully saturated rings. The summed E-state index contributed by atoms with van der Waals surface area (Å²) in [5, 5.41) is 3.51. The molecular weight excluding hydrogens is 278 g/mol. The maximum absolute atomic E-state index is 4.70. The van der Waals surface area contributed by atoms with Gasteiger partial charge in [0.1, 0.15) is 5.82 Å². The fraction of sp³-hybridized carbons (Fsp3) is 0.706. The average Bonchev–Trinajstić information content (AvgIpc) is 2.66. The van der Waals surface area contributed by atoms with E-state index < -0.39 is 0 Å². The third-order valence-electron chi connectivity index (χ3n) is 4.13. The summed E-state index contributed by atoms with van der Waals surface area (Å²) in [6.07, 6.45) is 4.42. The molecule has 1 unspecified atom stereocenters. The predicted molar refractivity (Wildman–Crippen MR) is 94.3 cm³/mol. The minimum atomic E-state index is 0.380. The van der Waals surface area contributed by atoms with Gasteiger partial charge in [0.2, 0.25) is 0 Å². The van der Waals surface area contributed by atoms with Crippen molar-refractivity contribution in [2.45, 2.75) is 51.3 Å². The normalized spacial score (nSPS) is 20.1. The van der Waals surface area contributed by atoms with Crippen LogP contribution in [-0.4, -0.2) is 35.1 Å². The zero-order chi connectivity index (χ0) is 15.3. The lowest BCUT2D eigenvalue weighted by Gasteiger charge is -2.24. The highest BCUT2D eigenvalue weighted by molar-refractivity contribution is 8.00. The molecule has 1 aromatic rings. The van der Waals surface area contributed by atoms with Crippen LogP contribution in [0.25, 0.3) is 0 Å². The lowest BCUT2D eigenvalue weighted by molar-refractivity contribution is 0.569. The van der Waals surface area contributed by atoms with Gasteiger partial charge >= 0.3 is 0 Å². The summed E-state index contributed by atoms with van der Waals surface area (Å²) in [5.74, 6) is 2.31. The molecule has 0 amide bonds. The standard InChI is InChI=1S/C17H29N3S/c1-5-9-18-14(2)15-6-7-16(19-13-15)20-10-8-17(3,4)21-12-11-20/h6-7,13-14,18H,5,8-12H2,1-4H3. The lowest BCUT2D eigenvalue weighted by Crippen LogP contribution is -2.28. The van der Waals surface area contributed by atoms with Crippen LogP contribution in [0.4, 0.5) is 5.82 Å². The van der Waals surface area contributed by atoms with Gasteiger partial charge in [-0.3, -0.25) is 0 Å². The molecule has 0 aliphatic carbocycles. The van der Waals surface area contributed by atoms with Crippen LogP contribution >= 0.6 is 11.8 Å². The molecule has 3 nitrogen and oxygen atoms in total. The van der Waals surface area contributed by atoms with E-state index in [1.54, 1.807) is 0 Å². The highest BCUT2D eigenvalue weighted by atomic mass is 32.2. The number of hydrogen-bond acceptors (Lipinski definition) is 4. The van der Waals surface area contributed by atoms with E-state index in [4.69, 9.17) is 4.98 Å². The Labute approximate surface area is 133 Å². The van der Waals surface area contributed by atoms with Crippen molar-refractivity contribution in [3.8, 4) is 0 Å². The van der Waals surface area contributed by atoms with Crippen molar-refractivity contribution in [3.05, 3.63) is 23.9 Å². The number of anilines is 1. The number of thioether (sulfide) groups is 1. The summed E-state index contributed by atoms with van der Waals surface area (Å²) < 4.78 is 0.396. The van der Waals surface area contributed by atoms with E-state index in [1.807, 2.05) is 6.20 Å². The summed E-state index contributed by atoms with van der Waals surface area (Å²) in [7, 11) is 0. The molecule has 1 aliphatic heterocycles. The monoisotopic (exact) mass is 307 g/mol. The van der Waals surface area contributed by atoms with Crippen LogP contribution in [0.15, 0.2) is 18.3 Å². The van der Waals surface area contributed by atoms with Crippen molar-refractivity contribution in [1.29, 1.82) is 0 Å². The van der Waals surface area contributed by atoms with Gasteiger partial charge in [-0.15, -0.1) is 0 Å². The van der Waals surface area contributed by atoms with Gasteiger partial charge in [-0.1, -0.05) is 26.8 Å². The molecule has 1 atom stereocenters. The molecule has 2 rings (SSSR count). The number of rotatable bonds is 5. The third-order valence-corrected chi connectivity index (χ3v) is 5.51. The maximum atomic E-state index is 4.70. The zero-order valence-electron chi connectivity index (χ0n) is 13.9. The fourth-order valence-electron chi connectivity index (χ4n) is 2.57. The van der Waals surface area contributed by atoms with Gasteiger partial charge in [-0.25, -0.2) is 4.98 Å². The summed E-state index contributed by atoms with van der Waals surface area (Å²) in [4.78, 5) is 7.12. The van der Waals surface area contributed by atoms with Crippen molar-refractivity contribution in [2.75, 3.05) is 30.3 Å². The van der Waals surface area contributed by atoms with Gasteiger partial charge in [0.05, 0.1) is 0 Å². The van der Waals surface area contributed by atoms with Gasteiger partial charge in [-0.2, -0.15) is 11.8 Å². The lowest BCUT2D eigenvalue weighted by atomic mass is 10.1. The van der Waals surface area contributed by atoms with Crippen molar-refractivity contribution in [3.63, 3.8) is 0 Å². The Morgan fingerprint density at radius 3 is 2.86 bits per heavy atom. The van der Waals surface area contributed by atoms with Crippen LogP contribution in [0.5, 0.6) is 0 Å². The molecular formula is C17H29N3S. The van der Waals surface area contributed by atoms with Crippen molar-refractivity contribution in [1.82, 2.24) is 10.3 Å². The number of pyridine rings is 1. The van der Waals surface area contributed by atoms with Gasteiger partial charge in [0.15, 0.2) is 0 Å². The first-order valence-corrected chi connectivity index (χ1v) is 9.08. The number of hydrogen-bond donors (Lipinski definition) is 1. The molecule has 0 aromatic carbocycles. The highest BCUT2D eigenvalue weighted by Gasteiger charge is 2.24. The summed E-state index contributed by atoms with van der Waals surface area (Å²) in [5.41, 5.74) is 1.27. The Morgan fingerprint density at radius 1 is 1.38 bits per heavy atom. The largest absolute Gasteiger partial charge is 0.356 e. The minimum absolute atomic E-state index is 0.380. The molecule has 0 spiro atoms. The number of aromatic nitrogens is 1. The molecule has 1 saturated heterocycles. The molecule has 118 valence electrons. The third kappa shape index (κ3) is 4.89. The first-order chi connectivity index (χ1) is 10.0. The molecule has 1 N–H and O–H groups in total. The molecule has 4 heteroatoms. The highest BCUT2D eigenvalue weighted by Crippen LogP contribution is 2.31. The first kappa shape index (κ1) is 16.6. The van der Waals surface area contributed by atoms with Gasteiger partial charge in [0.25, 0.3) is 0 Å². The van der Waals surface area contributed by atoms with E-state index >= 15 is 0 Å². The molecule has 21 heavy (non-hydrogen) atoms. The second kappa shape index (κ2) is 7.50. The molecule has 0 saturated carbocycles. The van der Waals surface area contributed by atoms with Crippen molar-refractivity contribution in [2.24, 2.45) is 0 Å². The van der Waals surface area contributed by atoms with Crippen LogP contribution in [0.3, 0.4) is 0 Å². The van der Waals surface area contributed by atoms with Crippen LogP contribution in [0.2, 0.25) is 0 Å². The summed E-state index contributed by atoms with van der Waals surface area (Å²) in [6.45, 7) is 12.4. The molecule has 2 heterocycles. The topological polar surface area (TPSA) is 28.2 Å². The Morgan fingerprint density at radius 2 is 2.19 bits per heavy atom. The zero-order valence-corrected chi connectivity index (χ0v) is 14.7. The van der Waals surface area contributed by atoms with Crippen molar-refractivity contribution < 1.29 is 0 Å². The van der Waals surface area contributed by atoms with Crippen LogP contribution < -0.4 is 10.2 Å². The number of nitrogens with zero attached hydrogens (tertiary/aromatic N) is 2. The summed E-state index contributed by atoms with van der Waals surface area (Å²) >= 11 is 2.08. The van der Waals surface area contributed by atoms with Crippen LogP contribution in [0, 0.1) is 0 Å². The SMILES string of the molecule is CCCNC(C)c1ccc(N2CCSC(C)(C)CC2)nc1. The molecule has 1 aromatic heterocycles. The van der Waals surface area contributed by atoms with Gasteiger partial charge < -0.3 is 10.2 Å². The Hall–Kier alpha value is -0.740. The average molecular weight is 308 g/mol. The smallest absolute Gasteiger partial charge is 0.128 e. The Balaban J connectivity index is 1.98. The van der Waals surface area contributed by atoms with E-state index in [2.05, 4.69) is 61.8 Å². The second-order valence-electron chi connectivity index (χ2n) is 6.47. The molecule has 0 bridgehead atoms. The minimum Gasteiger partial charge on any atom is -0.356 e. The van der Waals surface area contributed by atoms with E-state index in [0.29, 0.717) is 10.8 Å². The van der Waals surface area contributed by atoms with Crippen LogP contribution in [-0.2, 0) is 0 Å². The second-order valence-corrected chi connectivity index (χ2v) is 8.27. The van der Waals surface area contributed by atoms with Crippen molar-refractivity contribution >= 4 is 17.6 Å². The van der Waals surface area contributed by atoms with E-state index in [0.717, 1.165) is 31.9 Å². The predicted octanol–water partition coefficient (Wildman–Crippen LogP) is 3.86. The van der Waals surface area contributed by atoms with E-state index in [-0.39, 0.29) is 0 Å². The van der Waals surface area contributed by atoms with Crippen LogP contribution in [0.1, 0.15) is 52.1 Å². The molecule has 0 radical (unpaired) electrons. The van der Waals surface area contributed by atoms with Gasteiger partial charge in [-0.05, 0) is 37.9 Å². The van der Waals surface area contributed by atoms with Gasteiger partial charge in [0, 0.05) is 35.8 Å². The first-order valence-electron chi connectivity index (χ1n) is 8.10. The maximum Gasteiger partial charge on any atom is 0.128 e. The quantitative estimate of drug-likeness (QED) is 0.894. The Bertz CT molecular complexity index is 430. The number of nitrogens with one attached hydrogen (secondary N) is 1. The fourth-order valence-corrected chi connectivity index (χ4v) is 3.67. The Kier molecular flexibility index (Phi) is 5.94. The molecule has 1 aliphatic rings. The summed E-state index contributed by atoms with van der Waals surface area (Å²) in [6, 6.07) is 4.78. The van der Waals surface area contributed by atoms with E-state index in [9.17, 15) is 0 Å². The van der Waals surface area contributed by atoms with E-state index in [1.165, 1.54) is 17.7 Å².